The predicted octanol–water partition coefficient (Wildman–Crippen LogP) is 4.43. The summed E-state index contributed by atoms with van der Waals surface area (Å²) in [4.78, 5) is 15.4. The highest BCUT2D eigenvalue weighted by molar-refractivity contribution is 7.99. The molecule has 1 amide bonds. The molecule has 0 bridgehead atoms. The maximum Gasteiger partial charge on any atom is 0.259 e. The molecule has 2 heterocycles. The molecular weight excluding hydrogens is 399 g/mol. The van der Waals surface area contributed by atoms with Crippen molar-refractivity contribution < 1.29 is 9.18 Å². The number of carbonyl (C=O) groups is 1. The fraction of sp³-hybridized carbons (Fsp3) is 0.304. The highest BCUT2D eigenvalue weighted by Gasteiger charge is 2.18. The van der Waals surface area contributed by atoms with Gasteiger partial charge in [-0.05, 0) is 43.2 Å². The largest absolute Gasteiger partial charge is 0.322 e. The lowest BCUT2D eigenvalue weighted by molar-refractivity contribution is 0.102. The zero-order valence-electron chi connectivity index (χ0n) is 17.2. The molecule has 2 aromatic carbocycles. The zero-order chi connectivity index (χ0) is 21.1. The molecule has 1 aliphatic heterocycles. The number of hydrogen-bond acceptors (Lipinski definition) is 4. The van der Waals surface area contributed by atoms with Crippen LogP contribution in [0.5, 0.6) is 0 Å². The Morgan fingerprint density at radius 2 is 1.90 bits per heavy atom. The molecule has 1 aromatic heterocycles. The van der Waals surface area contributed by atoms with Crippen LogP contribution in [0.25, 0.3) is 5.69 Å². The number of thioether (sulfide) groups is 1. The molecule has 0 saturated carbocycles. The van der Waals surface area contributed by atoms with Gasteiger partial charge in [0.05, 0.1) is 17.5 Å². The second-order valence-electron chi connectivity index (χ2n) is 7.44. The fourth-order valence-electron chi connectivity index (χ4n) is 3.68. The minimum absolute atomic E-state index is 0.246. The molecule has 1 fully saturated rings. The van der Waals surface area contributed by atoms with Gasteiger partial charge in [-0.15, -0.1) is 0 Å². The second kappa shape index (κ2) is 9.02. The highest BCUT2D eigenvalue weighted by atomic mass is 32.2. The van der Waals surface area contributed by atoms with Gasteiger partial charge in [0.1, 0.15) is 11.5 Å². The minimum Gasteiger partial charge on any atom is -0.322 e. The van der Waals surface area contributed by atoms with Crippen molar-refractivity contribution >= 4 is 23.4 Å². The topological polar surface area (TPSA) is 50.2 Å². The Kier molecular flexibility index (Phi) is 6.20. The number of rotatable bonds is 5. The first-order valence-electron chi connectivity index (χ1n) is 10.0. The molecule has 0 aliphatic carbocycles. The number of halogens is 1. The van der Waals surface area contributed by atoms with Crippen LogP contribution < -0.4 is 5.32 Å². The quantitative estimate of drug-likeness (QED) is 0.658. The number of aromatic nitrogens is 2. The summed E-state index contributed by atoms with van der Waals surface area (Å²) in [5, 5.41) is 7.25. The van der Waals surface area contributed by atoms with Crippen molar-refractivity contribution in [3.05, 3.63) is 76.9 Å². The number of nitrogens with zero attached hydrogens (tertiary/aromatic N) is 3. The van der Waals surface area contributed by atoms with E-state index >= 15 is 0 Å². The van der Waals surface area contributed by atoms with E-state index in [9.17, 15) is 9.18 Å². The lowest BCUT2D eigenvalue weighted by Gasteiger charge is -2.27. The van der Waals surface area contributed by atoms with E-state index in [1.165, 1.54) is 34.0 Å². The fourth-order valence-corrected chi connectivity index (χ4v) is 4.66. The number of benzene rings is 2. The van der Waals surface area contributed by atoms with Crippen molar-refractivity contribution in [2.45, 2.75) is 20.4 Å². The van der Waals surface area contributed by atoms with Crippen LogP contribution in [0.1, 0.15) is 27.2 Å². The molecular formula is C23H25FN4OS. The summed E-state index contributed by atoms with van der Waals surface area (Å²) in [6, 6.07) is 12.4. The van der Waals surface area contributed by atoms with E-state index in [1.54, 1.807) is 25.1 Å². The SMILES string of the molecule is Cc1c(CN2CCSCC2)cccc1NC(=O)c1cnn(-c2ccccc2F)c1C. The van der Waals surface area contributed by atoms with E-state index in [1.807, 2.05) is 30.8 Å². The summed E-state index contributed by atoms with van der Waals surface area (Å²) in [5.74, 6) is 1.71. The van der Waals surface area contributed by atoms with Crippen LogP contribution in [0.4, 0.5) is 10.1 Å². The zero-order valence-corrected chi connectivity index (χ0v) is 18.0. The van der Waals surface area contributed by atoms with Crippen molar-refractivity contribution in [3.63, 3.8) is 0 Å². The summed E-state index contributed by atoms with van der Waals surface area (Å²) in [5.41, 5.74) is 4.43. The maximum atomic E-state index is 14.1. The first kappa shape index (κ1) is 20.6. The van der Waals surface area contributed by atoms with Crippen LogP contribution in [-0.4, -0.2) is 45.2 Å². The molecule has 3 aromatic rings. The Hall–Kier alpha value is -2.64. The average molecular weight is 425 g/mol. The van der Waals surface area contributed by atoms with Crippen LogP contribution in [0.2, 0.25) is 0 Å². The van der Waals surface area contributed by atoms with E-state index in [2.05, 4.69) is 21.4 Å². The molecule has 0 spiro atoms. The molecule has 1 aliphatic rings. The summed E-state index contributed by atoms with van der Waals surface area (Å²) in [6.45, 7) is 6.88. The Morgan fingerprint density at radius 1 is 1.13 bits per heavy atom. The van der Waals surface area contributed by atoms with Crippen molar-refractivity contribution in [3.8, 4) is 5.69 Å². The smallest absolute Gasteiger partial charge is 0.259 e. The minimum atomic E-state index is -0.379. The van der Waals surface area contributed by atoms with Crippen molar-refractivity contribution in [1.29, 1.82) is 0 Å². The summed E-state index contributed by atoms with van der Waals surface area (Å²) in [6.07, 6.45) is 1.49. The van der Waals surface area contributed by atoms with Gasteiger partial charge >= 0.3 is 0 Å². The van der Waals surface area contributed by atoms with Gasteiger partial charge in [-0.25, -0.2) is 9.07 Å². The van der Waals surface area contributed by atoms with Crippen LogP contribution in [0.3, 0.4) is 0 Å². The molecule has 5 nitrogen and oxygen atoms in total. The number of carbonyl (C=O) groups excluding carboxylic acids is 1. The third-order valence-electron chi connectivity index (χ3n) is 5.53. The Bertz CT molecular complexity index is 1060. The van der Waals surface area contributed by atoms with Crippen LogP contribution >= 0.6 is 11.8 Å². The van der Waals surface area contributed by atoms with Crippen LogP contribution in [0, 0.1) is 19.7 Å². The standard InChI is InChI=1S/C23H25FN4OS/c1-16-18(15-27-10-12-30-13-11-27)6-5-8-21(16)26-23(29)19-14-25-28(17(19)2)22-9-4-3-7-20(22)24/h3-9,14H,10-13,15H2,1-2H3,(H,26,29). The third-order valence-corrected chi connectivity index (χ3v) is 6.47. The van der Waals surface area contributed by atoms with Crippen molar-refractivity contribution in [2.24, 2.45) is 0 Å². The first-order chi connectivity index (χ1) is 14.5. The average Bonchev–Trinajstić information content (AvgIpc) is 3.13. The van der Waals surface area contributed by atoms with Gasteiger partial charge in [0.2, 0.25) is 0 Å². The second-order valence-corrected chi connectivity index (χ2v) is 8.66. The van der Waals surface area contributed by atoms with Crippen molar-refractivity contribution in [1.82, 2.24) is 14.7 Å². The molecule has 1 saturated heterocycles. The van der Waals surface area contributed by atoms with E-state index in [4.69, 9.17) is 0 Å². The Labute approximate surface area is 180 Å². The van der Waals surface area contributed by atoms with E-state index in [0.29, 0.717) is 16.9 Å². The Balaban J connectivity index is 1.53. The van der Waals surface area contributed by atoms with E-state index < -0.39 is 0 Å². The number of nitrogens with one attached hydrogen (secondary N) is 1. The highest BCUT2D eigenvalue weighted by Crippen LogP contribution is 2.23. The molecule has 0 unspecified atom stereocenters. The lowest BCUT2D eigenvalue weighted by Crippen LogP contribution is -2.32. The summed E-state index contributed by atoms with van der Waals surface area (Å²) in [7, 11) is 0. The monoisotopic (exact) mass is 424 g/mol. The van der Waals surface area contributed by atoms with E-state index in [-0.39, 0.29) is 11.7 Å². The normalized spacial score (nSPS) is 14.6. The van der Waals surface area contributed by atoms with Gasteiger partial charge in [-0.2, -0.15) is 16.9 Å². The van der Waals surface area contributed by atoms with Gasteiger partial charge in [-0.3, -0.25) is 9.69 Å². The van der Waals surface area contributed by atoms with Gasteiger partial charge in [0.15, 0.2) is 0 Å². The molecule has 0 radical (unpaired) electrons. The van der Waals surface area contributed by atoms with E-state index in [0.717, 1.165) is 30.9 Å². The van der Waals surface area contributed by atoms with Gasteiger partial charge < -0.3 is 5.32 Å². The number of para-hydroxylation sites is 1. The third kappa shape index (κ3) is 4.27. The number of amides is 1. The molecule has 0 atom stereocenters. The van der Waals surface area contributed by atoms with Gasteiger partial charge in [0.25, 0.3) is 5.91 Å². The van der Waals surface area contributed by atoms with Crippen LogP contribution in [-0.2, 0) is 6.54 Å². The number of hydrogen-bond donors (Lipinski definition) is 1. The Morgan fingerprint density at radius 3 is 2.67 bits per heavy atom. The predicted molar refractivity (Wildman–Crippen MR) is 120 cm³/mol. The molecule has 4 rings (SSSR count). The molecule has 7 heteroatoms. The summed E-state index contributed by atoms with van der Waals surface area (Å²) < 4.78 is 15.6. The van der Waals surface area contributed by atoms with Gasteiger partial charge in [-0.1, -0.05) is 24.3 Å². The molecule has 1 N–H and O–H groups in total. The first-order valence-corrected chi connectivity index (χ1v) is 11.2. The van der Waals surface area contributed by atoms with Crippen LogP contribution in [0.15, 0.2) is 48.7 Å². The molecule has 30 heavy (non-hydrogen) atoms. The molecule has 156 valence electrons. The van der Waals surface area contributed by atoms with Crippen molar-refractivity contribution in [2.75, 3.05) is 29.9 Å². The maximum absolute atomic E-state index is 14.1. The summed E-state index contributed by atoms with van der Waals surface area (Å²) >= 11 is 2.00. The lowest BCUT2D eigenvalue weighted by atomic mass is 10.1. The number of anilines is 1. The van der Waals surface area contributed by atoms with Gasteiger partial charge in [0, 0.05) is 36.8 Å².